The number of aryl methyl sites for hydroxylation is 3. The summed E-state index contributed by atoms with van der Waals surface area (Å²) in [6, 6.07) is 16.5. The SMILES string of the molecule is CCNC(=O)C(C)N(Cc1ccccc1F)C(=O)CN(c1ccc(C)c(C)c1)S(=O)(=O)c1ccc(C)cc1. The molecule has 0 bridgehead atoms. The molecule has 1 atom stereocenters. The predicted octanol–water partition coefficient (Wildman–Crippen LogP) is 4.50. The Labute approximate surface area is 224 Å². The monoisotopic (exact) mass is 539 g/mol. The summed E-state index contributed by atoms with van der Waals surface area (Å²) in [5.74, 6) is -1.58. The van der Waals surface area contributed by atoms with Crippen LogP contribution in [0.15, 0.2) is 71.6 Å². The molecule has 202 valence electrons. The molecule has 7 nitrogen and oxygen atoms in total. The maximum absolute atomic E-state index is 14.5. The van der Waals surface area contributed by atoms with Crippen molar-refractivity contribution in [3.8, 4) is 0 Å². The van der Waals surface area contributed by atoms with E-state index in [2.05, 4.69) is 5.32 Å². The van der Waals surface area contributed by atoms with E-state index in [1.165, 1.54) is 35.2 Å². The van der Waals surface area contributed by atoms with Gasteiger partial charge in [0.25, 0.3) is 10.0 Å². The molecule has 38 heavy (non-hydrogen) atoms. The van der Waals surface area contributed by atoms with Crippen molar-refractivity contribution < 1.29 is 22.4 Å². The number of benzene rings is 3. The minimum Gasteiger partial charge on any atom is -0.355 e. The van der Waals surface area contributed by atoms with Crippen LogP contribution in [0.1, 0.15) is 36.1 Å². The number of halogens is 1. The van der Waals surface area contributed by atoms with E-state index in [1.54, 1.807) is 50.2 Å². The van der Waals surface area contributed by atoms with E-state index in [9.17, 15) is 22.4 Å². The number of amides is 2. The lowest BCUT2D eigenvalue weighted by Gasteiger charge is -2.32. The largest absolute Gasteiger partial charge is 0.355 e. The zero-order valence-electron chi connectivity index (χ0n) is 22.4. The fourth-order valence-corrected chi connectivity index (χ4v) is 5.37. The van der Waals surface area contributed by atoms with Crippen LogP contribution in [0.4, 0.5) is 10.1 Å². The molecule has 1 unspecified atom stereocenters. The highest BCUT2D eigenvalue weighted by Crippen LogP contribution is 2.27. The van der Waals surface area contributed by atoms with Crippen LogP contribution in [0.2, 0.25) is 0 Å². The average molecular weight is 540 g/mol. The molecule has 3 aromatic rings. The molecule has 0 saturated heterocycles. The third-order valence-electron chi connectivity index (χ3n) is 6.48. The molecule has 0 aliphatic carbocycles. The van der Waals surface area contributed by atoms with Gasteiger partial charge >= 0.3 is 0 Å². The lowest BCUT2D eigenvalue weighted by Crippen LogP contribution is -2.51. The Bertz CT molecular complexity index is 1410. The highest BCUT2D eigenvalue weighted by molar-refractivity contribution is 7.92. The molecule has 1 N–H and O–H groups in total. The lowest BCUT2D eigenvalue weighted by atomic mass is 10.1. The summed E-state index contributed by atoms with van der Waals surface area (Å²) < 4.78 is 43.2. The van der Waals surface area contributed by atoms with Gasteiger partial charge in [-0.2, -0.15) is 0 Å². The van der Waals surface area contributed by atoms with Gasteiger partial charge in [0, 0.05) is 18.7 Å². The number of carbonyl (C=O) groups is 2. The van der Waals surface area contributed by atoms with Crippen LogP contribution in [-0.4, -0.2) is 44.3 Å². The van der Waals surface area contributed by atoms with Crippen LogP contribution in [0.3, 0.4) is 0 Å². The van der Waals surface area contributed by atoms with E-state index in [0.29, 0.717) is 12.2 Å². The van der Waals surface area contributed by atoms with Crippen molar-refractivity contribution in [3.05, 3.63) is 94.8 Å². The normalized spacial score (nSPS) is 12.1. The third kappa shape index (κ3) is 6.58. The van der Waals surface area contributed by atoms with Crippen molar-refractivity contribution >= 4 is 27.5 Å². The van der Waals surface area contributed by atoms with Crippen molar-refractivity contribution in [2.75, 3.05) is 17.4 Å². The average Bonchev–Trinajstić information content (AvgIpc) is 2.88. The Morgan fingerprint density at radius 3 is 2.21 bits per heavy atom. The quantitative estimate of drug-likeness (QED) is 0.411. The minimum absolute atomic E-state index is 0.0338. The van der Waals surface area contributed by atoms with Crippen LogP contribution in [0.25, 0.3) is 0 Å². The summed E-state index contributed by atoms with van der Waals surface area (Å²) in [5.41, 5.74) is 3.26. The van der Waals surface area contributed by atoms with Crippen molar-refractivity contribution in [1.82, 2.24) is 10.2 Å². The zero-order chi connectivity index (χ0) is 28.0. The van der Waals surface area contributed by atoms with E-state index >= 15 is 0 Å². The second kappa shape index (κ2) is 12.2. The molecular weight excluding hydrogens is 505 g/mol. The third-order valence-corrected chi connectivity index (χ3v) is 8.27. The standard InChI is InChI=1S/C29H34FN3O4S/c1-6-31-29(35)23(5)32(18-24-9-7-8-10-27(24)30)28(34)19-33(25-14-13-21(3)22(4)17-25)38(36,37)26-15-11-20(2)12-16-26/h7-17,23H,6,18-19H2,1-5H3,(H,31,35). The summed E-state index contributed by atoms with van der Waals surface area (Å²) in [7, 11) is -4.16. The van der Waals surface area contributed by atoms with Gasteiger partial charge in [0.05, 0.1) is 10.6 Å². The van der Waals surface area contributed by atoms with Crippen LogP contribution in [0.5, 0.6) is 0 Å². The highest BCUT2D eigenvalue weighted by Gasteiger charge is 2.32. The van der Waals surface area contributed by atoms with E-state index in [0.717, 1.165) is 21.0 Å². The van der Waals surface area contributed by atoms with Gasteiger partial charge < -0.3 is 10.2 Å². The van der Waals surface area contributed by atoms with E-state index in [-0.39, 0.29) is 17.0 Å². The molecule has 9 heteroatoms. The topological polar surface area (TPSA) is 86.8 Å². The van der Waals surface area contributed by atoms with Gasteiger partial charge in [-0.15, -0.1) is 0 Å². The molecule has 0 radical (unpaired) electrons. The highest BCUT2D eigenvalue weighted by atomic mass is 32.2. The minimum atomic E-state index is -4.16. The van der Waals surface area contributed by atoms with E-state index in [1.807, 2.05) is 20.8 Å². The molecular formula is C29H34FN3O4S. The lowest BCUT2D eigenvalue weighted by molar-refractivity contribution is -0.139. The van der Waals surface area contributed by atoms with Crippen LogP contribution in [0, 0.1) is 26.6 Å². The van der Waals surface area contributed by atoms with Gasteiger partial charge in [-0.3, -0.25) is 13.9 Å². The smallest absolute Gasteiger partial charge is 0.264 e. The molecule has 0 aliphatic rings. The molecule has 0 aliphatic heterocycles. The van der Waals surface area contributed by atoms with Crippen molar-refractivity contribution in [2.45, 2.75) is 52.1 Å². The van der Waals surface area contributed by atoms with Gasteiger partial charge in [-0.1, -0.05) is 42.0 Å². The Morgan fingerprint density at radius 2 is 1.61 bits per heavy atom. The number of nitrogens with one attached hydrogen (secondary N) is 1. The maximum atomic E-state index is 14.5. The molecule has 3 rings (SSSR count). The van der Waals surface area contributed by atoms with E-state index in [4.69, 9.17) is 0 Å². The fourth-order valence-electron chi connectivity index (χ4n) is 3.96. The summed E-state index contributed by atoms with van der Waals surface area (Å²) in [6.45, 7) is 8.49. The molecule has 0 spiro atoms. The van der Waals surface area contributed by atoms with Gasteiger partial charge in [0.15, 0.2) is 0 Å². The Balaban J connectivity index is 2.07. The first-order valence-corrected chi connectivity index (χ1v) is 13.9. The molecule has 2 amide bonds. The van der Waals surface area contributed by atoms with Gasteiger partial charge in [-0.05, 0) is 76.1 Å². The van der Waals surface area contributed by atoms with Crippen LogP contribution < -0.4 is 9.62 Å². The Kier molecular flexibility index (Phi) is 9.27. The predicted molar refractivity (Wildman–Crippen MR) is 147 cm³/mol. The van der Waals surface area contributed by atoms with Crippen molar-refractivity contribution in [3.63, 3.8) is 0 Å². The fraction of sp³-hybridized carbons (Fsp3) is 0.310. The van der Waals surface area contributed by atoms with Gasteiger partial charge in [0.1, 0.15) is 18.4 Å². The maximum Gasteiger partial charge on any atom is 0.264 e. The first-order chi connectivity index (χ1) is 17.9. The summed E-state index contributed by atoms with van der Waals surface area (Å²) in [5, 5.41) is 2.68. The first-order valence-electron chi connectivity index (χ1n) is 12.4. The van der Waals surface area contributed by atoms with Crippen LogP contribution in [-0.2, 0) is 26.2 Å². The molecule has 0 aromatic heterocycles. The van der Waals surface area contributed by atoms with E-state index < -0.39 is 40.2 Å². The van der Waals surface area contributed by atoms with Crippen molar-refractivity contribution in [1.29, 1.82) is 0 Å². The summed E-state index contributed by atoms with van der Waals surface area (Å²) >= 11 is 0. The molecule has 3 aromatic carbocycles. The number of sulfonamides is 1. The summed E-state index contributed by atoms with van der Waals surface area (Å²) in [6.07, 6.45) is 0. The number of carbonyl (C=O) groups excluding carboxylic acids is 2. The molecule has 0 heterocycles. The number of rotatable bonds is 10. The number of likely N-dealkylation sites (N-methyl/N-ethyl adjacent to an activating group) is 1. The zero-order valence-corrected chi connectivity index (χ0v) is 23.2. The number of hydrogen-bond donors (Lipinski definition) is 1. The second-order valence-electron chi connectivity index (χ2n) is 9.28. The first kappa shape index (κ1) is 28.8. The number of nitrogens with zero attached hydrogens (tertiary/aromatic N) is 2. The van der Waals surface area contributed by atoms with Gasteiger partial charge in [0.2, 0.25) is 11.8 Å². The Hall–Kier alpha value is -3.72. The van der Waals surface area contributed by atoms with Crippen molar-refractivity contribution in [2.24, 2.45) is 0 Å². The van der Waals surface area contributed by atoms with Gasteiger partial charge in [-0.25, -0.2) is 12.8 Å². The Morgan fingerprint density at radius 1 is 0.947 bits per heavy atom. The molecule has 0 saturated carbocycles. The molecule has 0 fully saturated rings. The van der Waals surface area contributed by atoms with Crippen LogP contribution >= 0.6 is 0 Å². The summed E-state index contributed by atoms with van der Waals surface area (Å²) in [4.78, 5) is 27.8. The number of anilines is 1. The number of hydrogen-bond acceptors (Lipinski definition) is 4. The second-order valence-corrected chi connectivity index (χ2v) is 11.1.